The van der Waals surface area contributed by atoms with Gasteiger partial charge in [-0.3, -0.25) is 4.79 Å². The van der Waals surface area contributed by atoms with E-state index in [-0.39, 0.29) is 39.3 Å². The van der Waals surface area contributed by atoms with Gasteiger partial charge in [-0.05, 0) is 62.6 Å². The number of anilines is 2. The van der Waals surface area contributed by atoms with Gasteiger partial charge in [-0.15, -0.1) is 0 Å². The normalized spacial score (nSPS) is 17.4. The van der Waals surface area contributed by atoms with Gasteiger partial charge in [0.15, 0.2) is 0 Å². The molecule has 0 bridgehead atoms. The summed E-state index contributed by atoms with van der Waals surface area (Å²) in [6, 6.07) is 8.49. The van der Waals surface area contributed by atoms with Crippen LogP contribution in [0.25, 0.3) is 11.3 Å². The molecule has 3 N–H and O–H groups in total. The maximum atomic E-state index is 13.9. The molecule has 1 saturated heterocycles. The fourth-order valence-corrected chi connectivity index (χ4v) is 5.21. The second-order valence-corrected chi connectivity index (χ2v) is 10.7. The first-order valence-corrected chi connectivity index (χ1v) is 12.4. The van der Waals surface area contributed by atoms with E-state index < -0.39 is 33.1 Å². The summed E-state index contributed by atoms with van der Waals surface area (Å²) in [5.74, 6) is -2.23. The second-order valence-electron chi connectivity index (χ2n) is 9.04. The van der Waals surface area contributed by atoms with Crippen molar-refractivity contribution in [2.24, 2.45) is 5.92 Å². The van der Waals surface area contributed by atoms with Crippen LogP contribution in [0, 0.1) is 17.6 Å². The molecule has 8 nitrogen and oxygen atoms in total. The highest BCUT2D eigenvalue weighted by Crippen LogP contribution is 2.39. The van der Waals surface area contributed by atoms with Crippen LogP contribution in [0.15, 0.2) is 53.6 Å². The topological polar surface area (TPSA) is 118 Å². The lowest BCUT2D eigenvalue weighted by Crippen LogP contribution is -2.43. The van der Waals surface area contributed by atoms with Crippen LogP contribution in [0.3, 0.4) is 0 Å². The lowest BCUT2D eigenvalue weighted by atomic mass is 9.90. The molecule has 1 unspecified atom stereocenters. The molecule has 4 rings (SSSR count). The first kappa shape index (κ1) is 24.5. The van der Waals surface area contributed by atoms with Gasteiger partial charge in [-0.2, -0.15) is 0 Å². The second kappa shape index (κ2) is 8.88. The minimum Gasteiger partial charge on any atom is -0.383 e. The molecule has 1 atom stereocenters. The lowest BCUT2D eigenvalue weighted by molar-refractivity contribution is 0.0981. The van der Waals surface area contributed by atoms with Crippen molar-refractivity contribution in [1.29, 1.82) is 0 Å². The highest BCUT2D eigenvalue weighted by Gasteiger charge is 2.41. The number of sulfonamides is 1. The molecule has 1 amide bonds. The summed E-state index contributed by atoms with van der Waals surface area (Å²) in [6.45, 7) is 6.62. The van der Waals surface area contributed by atoms with Crippen LogP contribution in [-0.4, -0.2) is 36.4 Å². The van der Waals surface area contributed by atoms with Gasteiger partial charge in [0.05, 0.1) is 11.3 Å². The van der Waals surface area contributed by atoms with Gasteiger partial charge >= 0.3 is 0 Å². The van der Waals surface area contributed by atoms with E-state index in [9.17, 15) is 22.0 Å². The van der Waals surface area contributed by atoms with Crippen LogP contribution >= 0.6 is 0 Å². The van der Waals surface area contributed by atoms with Crippen LogP contribution < -0.4 is 15.4 Å². The molecule has 0 saturated carbocycles. The minimum absolute atomic E-state index is 0.00108. The van der Waals surface area contributed by atoms with E-state index in [0.29, 0.717) is 6.54 Å². The number of amides is 1. The van der Waals surface area contributed by atoms with E-state index in [2.05, 4.69) is 16.9 Å². The quantitative estimate of drug-likeness (QED) is 0.547. The van der Waals surface area contributed by atoms with Gasteiger partial charge in [-0.1, -0.05) is 6.92 Å². The Labute approximate surface area is 202 Å². The first-order chi connectivity index (χ1) is 16.4. The average Bonchev–Trinajstić information content (AvgIpc) is 3.04. The number of nitrogen functional groups attached to an aromatic ring is 1. The predicted octanol–water partition coefficient (Wildman–Crippen LogP) is 3.75. The number of nitrogens with one attached hydrogen (secondary N) is 1. The molecular formula is C24H25F2N5O3S. The Balaban J connectivity index is 1.80. The van der Waals surface area contributed by atoms with Crippen LogP contribution in [0.2, 0.25) is 0 Å². The summed E-state index contributed by atoms with van der Waals surface area (Å²) in [5.41, 5.74) is 5.70. The van der Waals surface area contributed by atoms with E-state index >= 15 is 0 Å². The van der Waals surface area contributed by atoms with Gasteiger partial charge in [-0.25, -0.2) is 31.9 Å². The maximum absolute atomic E-state index is 13.9. The molecule has 0 aliphatic carbocycles. The van der Waals surface area contributed by atoms with Gasteiger partial charge in [0.25, 0.3) is 15.9 Å². The molecule has 3 aromatic rings. The minimum atomic E-state index is -4.32. The van der Waals surface area contributed by atoms with E-state index in [1.54, 1.807) is 0 Å². The fourth-order valence-electron chi connectivity index (χ4n) is 4.16. The van der Waals surface area contributed by atoms with Crippen molar-refractivity contribution in [1.82, 2.24) is 14.7 Å². The zero-order valence-electron chi connectivity index (χ0n) is 19.4. The Hall–Kier alpha value is -3.60. The van der Waals surface area contributed by atoms with E-state index in [1.807, 2.05) is 23.5 Å². The van der Waals surface area contributed by atoms with Crippen molar-refractivity contribution in [3.8, 4) is 11.3 Å². The van der Waals surface area contributed by atoms with Crippen molar-refractivity contribution < 1.29 is 22.0 Å². The molecule has 3 heterocycles. The largest absolute Gasteiger partial charge is 0.383 e. The number of benzene rings is 1. The lowest BCUT2D eigenvalue weighted by Gasteiger charge is -2.36. The van der Waals surface area contributed by atoms with Gasteiger partial charge < -0.3 is 10.6 Å². The number of halogens is 2. The van der Waals surface area contributed by atoms with Crippen LogP contribution in [0.5, 0.6) is 0 Å². The molecule has 0 spiro atoms. The number of nitrogens with zero attached hydrogens (tertiary/aromatic N) is 3. The first-order valence-electron chi connectivity index (χ1n) is 10.9. The third-order valence-electron chi connectivity index (χ3n) is 6.54. The van der Waals surface area contributed by atoms with E-state index in [0.717, 1.165) is 24.6 Å². The summed E-state index contributed by atoms with van der Waals surface area (Å²) < 4.78 is 55.4. The van der Waals surface area contributed by atoms with Crippen molar-refractivity contribution in [2.75, 3.05) is 17.2 Å². The number of nitrogens with two attached hydrogens (primary N) is 1. The number of carbonyl (C=O) groups excluding carboxylic acids is 1. The number of aromatic nitrogens is 2. The summed E-state index contributed by atoms with van der Waals surface area (Å²) in [7, 11) is -4.32. The van der Waals surface area contributed by atoms with Crippen LogP contribution in [0.1, 0.15) is 37.6 Å². The zero-order chi connectivity index (χ0) is 25.5. The van der Waals surface area contributed by atoms with E-state index in [4.69, 9.17) is 5.73 Å². The monoisotopic (exact) mass is 501 g/mol. The Bertz CT molecular complexity index is 1390. The van der Waals surface area contributed by atoms with Crippen molar-refractivity contribution in [3.05, 3.63) is 65.9 Å². The number of rotatable bonds is 5. The SMILES string of the molecule is CC1CCN(c2nc(-c3cc(F)cc(F)c3)ccc2C(=O)NS(=O)(=O)c2cccnc2N)C1(C)C. The third kappa shape index (κ3) is 4.68. The fraction of sp³-hybridized carbons (Fsp3) is 0.292. The molecule has 0 radical (unpaired) electrons. The van der Waals surface area contributed by atoms with Crippen LogP contribution in [0.4, 0.5) is 20.4 Å². The van der Waals surface area contributed by atoms with E-state index in [1.165, 1.54) is 30.5 Å². The number of pyridine rings is 2. The number of hydrogen-bond acceptors (Lipinski definition) is 7. The number of carbonyl (C=O) groups is 1. The summed E-state index contributed by atoms with van der Waals surface area (Å²) >= 11 is 0. The molecule has 11 heteroatoms. The molecule has 1 fully saturated rings. The van der Waals surface area contributed by atoms with Gasteiger partial charge in [0.1, 0.15) is 28.2 Å². The molecule has 2 aromatic heterocycles. The molecule has 1 aliphatic heterocycles. The Morgan fingerprint density at radius 2 is 1.86 bits per heavy atom. The maximum Gasteiger partial charge on any atom is 0.268 e. The Kier molecular flexibility index (Phi) is 6.22. The smallest absolute Gasteiger partial charge is 0.268 e. The van der Waals surface area contributed by atoms with Crippen molar-refractivity contribution in [3.63, 3.8) is 0 Å². The summed E-state index contributed by atoms with van der Waals surface area (Å²) in [4.78, 5) is 23.2. The van der Waals surface area contributed by atoms with Crippen molar-refractivity contribution >= 4 is 27.6 Å². The average molecular weight is 502 g/mol. The molecule has 1 aliphatic rings. The van der Waals surface area contributed by atoms with Gasteiger partial charge in [0.2, 0.25) is 0 Å². The zero-order valence-corrected chi connectivity index (χ0v) is 20.2. The predicted molar refractivity (Wildman–Crippen MR) is 128 cm³/mol. The molecular weight excluding hydrogens is 476 g/mol. The third-order valence-corrected chi connectivity index (χ3v) is 7.92. The summed E-state index contributed by atoms with van der Waals surface area (Å²) in [6.07, 6.45) is 2.15. The highest BCUT2D eigenvalue weighted by atomic mass is 32.2. The molecule has 184 valence electrons. The summed E-state index contributed by atoms with van der Waals surface area (Å²) in [5, 5.41) is 0. The van der Waals surface area contributed by atoms with Crippen LogP contribution in [-0.2, 0) is 10.0 Å². The Morgan fingerprint density at radius 1 is 1.17 bits per heavy atom. The standard InChI is InChI=1S/C24H25F2N5O3S/c1-14-8-10-31(24(14,2)3)22-18(6-7-19(29-22)15-11-16(25)13-17(26)12-15)23(32)30-35(33,34)20-5-4-9-28-21(20)27/h4-7,9,11-14H,8,10H2,1-3H3,(H2,27,28)(H,30,32). The number of hydrogen-bond donors (Lipinski definition) is 2. The highest BCUT2D eigenvalue weighted by molar-refractivity contribution is 7.90. The molecule has 35 heavy (non-hydrogen) atoms. The van der Waals surface area contributed by atoms with Crippen molar-refractivity contribution in [2.45, 2.75) is 37.6 Å². The van der Waals surface area contributed by atoms with Gasteiger partial charge in [0, 0.05) is 29.9 Å². The Morgan fingerprint density at radius 3 is 2.46 bits per heavy atom. The molecule has 1 aromatic carbocycles.